The number of thioether (sulfide) groups is 1. The van der Waals surface area contributed by atoms with E-state index in [2.05, 4.69) is 10.3 Å². The van der Waals surface area contributed by atoms with Crippen LogP contribution in [-0.2, 0) is 4.79 Å². The number of halogens is 1. The van der Waals surface area contributed by atoms with Gasteiger partial charge in [-0.25, -0.2) is 9.37 Å². The molecule has 0 aliphatic rings. The molecule has 0 saturated carbocycles. The van der Waals surface area contributed by atoms with Gasteiger partial charge < -0.3 is 5.32 Å². The van der Waals surface area contributed by atoms with Crippen molar-refractivity contribution in [1.29, 1.82) is 0 Å². The van der Waals surface area contributed by atoms with E-state index in [1.807, 2.05) is 0 Å². The van der Waals surface area contributed by atoms with Gasteiger partial charge in [-0.2, -0.15) is 0 Å². The average Bonchev–Trinajstić information content (AvgIpc) is 2.97. The third-order valence-corrected chi connectivity index (χ3v) is 5.20. The number of nitro groups is 1. The number of hydrogen-bond donors (Lipinski definition) is 1. The van der Waals surface area contributed by atoms with Gasteiger partial charge in [0, 0.05) is 12.1 Å². The van der Waals surface area contributed by atoms with Crippen molar-refractivity contribution in [3.05, 3.63) is 58.4 Å². The molecule has 0 radical (unpaired) electrons. The zero-order valence-corrected chi connectivity index (χ0v) is 13.7. The first-order valence-corrected chi connectivity index (χ1v) is 8.55. The molecule has 6 nitrogen and oxygen atoms in total. The Morgan fingerprint density at radius 1 is 1.33 bits per heavy atom. The van der Waals surface area contributed by atoms with Gasteiger partial charge in [0.1, 0.15) is 5.82 Å². The van der Waals surface area contributed by atoms with Crippen LogP contribution in [0.2, 0.25) is 0 Å². The van der Waals surface area contributed by atoms with Gasteiger partial charge in [0.15, 0.2) is 4.34 Å². The second-order valence-electron chi connectivity index (χ2n) is 4.71. The molecular formula is C15H10FN3O3S2. The lowest BCUT2D eigenvalue weighted by molar-refractivity contribution is -0.384. The van der Waals surface area contributed by atoms with Crippen LogP contribution in [0.1, 0.15) is 0 Å². The summed E-state index contributed by atoms with van der Waals surface area (Å²) in [6, 6.07) is 10.3. The van der Waals surface area contributed by atoms with Crippen molar-refractivity contribution in [2.24, 2.45) is 0 Å². The molecule has 0 unspecified atom stereocenters. The van der Waals surface area contributed by atoms with Crippen LogP contribution < -0.4 is 5.32 Å². The number of carbonyl (C=O) groups is 1. The largest absolute Gasteiger partial charge is 0.323 e. The summed E-state index contributed by atoms with van der Waals surface area (Å²) in [5.74, 6) is -0.783. The standard InChI is InChI=1S/C15H10FN3O3S2/c16-10-3-1-2-4-11(10)17-14(20)8-23-15-18-12-6-5-9(19(21)22)7-13(12)24-15/h1-7H,8H2,(H,17,20). The molecule has 0 atom stereocenters. The molecule has 0 saturated heterocycles. The zero-order chi connectivity index (χ0) is 17.1. The van der Waals surface area contributed by atoms with E-state index in [-0.39, 0.29) is 23.0 Å². The fraction of sp³-hybridized carbons (Fsp3) is 0.0667. The van der Waals surface area contributed by atoms with Crippen LogP contribution in [0.4, 0.5) is 15.8 Å². The first kappa shape index (κ1) is 16.3. The third kappa shape index (κ3) is 3.69. The fourth-order valence-electron chi connectivity index (χ4n) is 1.94. The highest BCUT2D eigenvalue weighted by molar-refractivity contribution is 8.01. The highest BCUT2D eigenvalue weighted by Gasteiger charge is 2.12. The van der Waals surface area contributed by atoms with Gasteiger partial charge in [-0.15, -0.1) is 11.3 Å². The van der Waals surface area contributed by atoms with Crippen LogP contribution in [-0.4, -0.2) is 21.6 Å². The number of carbonyl (C=O) groups excluding carboxylic acids is 1. The molecule has 0 aliphatic heterocycles. The van der Waals surface area contributed by atoms with Crippen LogP contribution in [0.15, 0.2) is 46.8 Å². The lowest BCUT2D eigenvalue weighted by atomic mass is 10.3. The van der Waals surface area contributed by atoms with Gasteiger partial charge in [0.05, 0.1) is 26.6 Å². The Bertz CT molecular complexity index is 929. The van der Waals surface area contributed by atoms with E-state index in [1.165, 1.54) is 47.4 Å². The lowest BCUT2D eigenvalue weighted by Gasteiger charge is -2.04. The molecule has 122 valence electrons. The summed E-state index contributed by atoms with van der Waals surface area (Å²) in [7, 11) is 0. The Labute approximate surface area is 143 Å². The molecule has 1 heterocycles. The maximum Gasteiger partial charge on any atom is 0.270 e. The molecule has 3 aromatic rings. The summed E-state index contributed by atoms with van der Waals surface area (Å²) < 4.78 is 14.8. The quantitative estimate of drug-likeness (QED) is 0.419. The highest BCUT2D eigenvalue weighted by Crippen LogP contribution is 2.31. The number of hydrogen-bond acceptors (Lipinski definition) is 6. The van der Waals surface area contributed by atoms with Crippen LogP contribution >= 0.6 is 23.1 Å². The number of non-ortho nitro benzene ring substituents is 1. The van der Waals surface area contributed by atoms with Crippen molar-refractivity contribution in [2.75, 3.05) is 11.1 Å². The summed E-state index contributed by atoms with van der Waals surface area (Å²) in [6.45, 7) is 0. The van der Waals surface area contributed by atoms with Crippen molar-refractivity contribution >= 4 is 50.6 Å². The van der Waals surface area contributed by atoms with Gasteiger partial charge in [-0.3, -0.25) is 14.9 Å². The number of nitrogens with zero attached hydrogens (tertiary/aromatic N) is 2. The number of thiazole rings is 1. The average molecular weight is 363 g/mol. The normalized spacial score (nSPS) is 10.7. The Morgan fingerprint density at radius 2 is 2.12 bits per heavy atom. The first-order valence-electron chi connectivity index (χ1n) is 6.75. The Hall–Kier alpha value is -2.52. The molecule has 1 N–H and O–H groups in total. The lowest BCUT2D eigenvalue weighted by Crippen LogP contribution is -2.14. The molecule has 0 bridgehead atoms. The van der Waals surface area contributed by atoms with Crippen molar-refractivity contribution in [2.45, 2.75) is 4.34 Å². The number of anilines is 1. The van der Waals surface area contributed by atoms with E-state index in [4.69, 9.17) is 0 Å². The van der Waals surface area contributed by atoms with E-state index in [0.29, 0.717) is 14.6 Å². The van der Waals surface area contributed by atoms with Gasteiger partial charge in [-0.1, -0.05) is 23.9 Å². The maximum absolute atomic E-state index is 13.5. The minimum atomic E-state index is -0.497. The summed E-state index contributed by atoms with van der Waals surface area (Å²) in [5, 5.41) is 13.3. The van der Waals surface area contributed by atoms with Crippen LogP contribution in [0, 0.1) is 15.9 Å². The van der Waals surface area contributed by atoms with Crippen molar-refractivity contribution in [1.82, 2.24) is 4.98 Å². The Kier molecular flexibility index (Phi) is 4.72. The molecule has 1 aromatic heterocycles. The minimum absolute atomic E-state index is 0.00000383. The van der Waals surface area contributed by atoms with E-state index < -0.39 is 10.7 Å². The summed E-state index contributed by atoms with van der Waals surface area (Å²) in [6.07, 6.45) is 0. The third-order valence-electron chi connectivity index (χ3n) is 3.04. The van der Waals surface area contributed by atoms with E-state index in [9.17, 15) is 19.3 Å². The second kappa shape index (κ2) is 6.93. The van der Waals surface area contributed by atoms with Crippen LogP contribution in [0.25, 0.3) is 10.2 Å². The van der Waals surface area contributed by atoms with E-state index >= 15 is 0 Å². The number of nitrogens with one attached hydrogen (secondary N) is 1. The smallest absolute Gasteiger partial charge is 0.270 e. The summed E-state index contributed by atoms with van der Waals surface area (Å²) in [5.41, 5.74) is 0.769. The zero-order valence-electron chi connectivity index (χ0n) is 12.1. The van der Waals surface area contributed by atoms with Crippen molar-refractivity contribution in [3.8, 4) is 0 Å². The number of rotatable bonds is 5. The predicted molar refractivity (Wildman–Crippen MR) is 92.0 cm³/mol. The summed E-state index contributed by atoms with van der Waals surface area (Å²) in [4.78, 5) is 26.5. The van der Waals surface area contributed by atoms with Gasteiger partial charge >= 0.3 is 0 Å². The van der Waals surface area contributed by atoms with E-state index in [0.717, 1.165) is 0 Å². The number of nitro benzene ring substituents is 1. The number of aromatic nitrogens is 1. The number of fused-ring (bicyclic) bond motifs is 1. The topological polar surface area (TPSA) is 85.1 Å². The predicted octanol–water partition coefficient (Wildman–Crippen LogP) is 4.07. The monoisotopic (exact) mass is 363 g/mol. The molecular weight excluding hydrogens is 353 g/mol. The molecule has 1 amide bonds. The Morgan fingerprint density at radius 3 is 2.88 bits per heavy atom. The van der Waals surface area contributed by atoms with Gasteiger partial charge in [0.25, 0.3) is 5.69 Å². The van der Waals surface area contributed by atoms with Gasteiger partial charge in [-0.05, 0) is 18.2 Å². The molecule has 0 fully saturated rings. The number of para-hydroxylation sites is 1. The minimum Gasteiger partial charge on any atom is -0.323 e. The first-order chi connectivity index (χ1) is 11.5. The van der Waals surface area contributed by atoms with Gasteiger partial charge in [0.2, 0.25) is 5.91 Å². The van der Waals surface area contributed by atoms with Crippen molar-refractivity contribution in [3.63, 3.8) is 0 Å². The molecule has 3 rings (SSSR count). The number of amides is 1. The molecule has 0 spiro atoms. The molecule has 0 aliphatic carbocycles. The van der Waals surface area contributed by atoms with Crippen LogP contribution in [0.5, 0.6) is 0 Å². The Balaban J connectivity index is 1.66. The van der Waals surface area contributed by atoms with Crippen molar-refractivity contribution < 1.29 is 14.1 Å². The maximum atomic E-state index is 13.5. The highest BCUT2D eigenvalue weighted by atomic mass is 32.2. The number of benzene rings is 2. The molecule has 9 heteroatoms. The molecule has 2 aromatic carbocycles. The second-order valence-corrected chi connectivity index (χ2v) is 6.96. The molecule has 24 heavy (non-hydrogen) atoms. The summed E-state index contributed by atoms with van der Waals surface area (Å²) >= 11 is 2.47. The fourth-order valence-corrected chi connectivity index (χ4v) is 3.85. The SMILES string of the molecule is O=C(CSc1nc2ccc([N+](=O)[O-])cc2s1)Nc1ccccc1F. The van der Waals surface area contributed by atoms with Crippen LogP contribution in [0.3, 0.4) is 0 Å². The van der Waals surface area contributed by atoms with E-state index in [1.54, 1.807) is 18.2 Å².